The third-order valence-electron chi connectivity index (χ3n) is 7.55. The number of benzene rings is 2. The molecule has 1 atom stereocenters. The molecule has 0 aromatic heterocycles. The largest absolute Gasteiger partial charge is 0.435 e. The fraction of sp³-hybridized carbons (Fsp3) is 0.440. The second kappa shape index (κ2) is 8.84. The van der Waals surface area contributed by atoms with Gasteiger partial charge in [0.15, 0.2) is 5.82 Å². The Morgan fingerprint density at radius 3 is 2.49 bits per heavy atom. The van der Waals surface area contributed by atoms with Crippen molar-refractivity contribution in [3.63, 3.8) is 0 Å². The van der Waals surface area contributed by atoms with E-state index in [1.807, 2.05) is 6.07 Å². The second-order valence-corrected chi connectivity index (χ2v) is 12.1. The first-order chi connectivity index (χ1) is 17.5. The predicted octanol–water partition coefficient (Wildman–Crippen LogP) is 6.38. The standard InChI is InChI=1S/C25H20Cl2F4N2O3S/c26-19-6-16(7-20(27)22(19)28)24(25(29,30)31)8-21(32-36-24)14-1-2-18-15(5-14)10-35-23(18)11-33(12-23)37-17-3-13(4-17)9-34/h1-2,5-7,9,13,17H,3-4,8,10-12H2. The van der Waals surface area contributed by atoms with Crippen LogP contribution in [0.2, 0.25) is 10.0 Å². The molecule has 6 rings (SSSR count). The van der Waals surface area contributed by atoms with E-state index >= 15 is 0 Å². The zero-order chi connectivity index (χ0) is 26.2. The minimum Gasteiger partial charge on any atom is -0.374 e. The predicted molar refractivity (Wildman–Crippen MR) is 131 cm³/mol. The highest BCUT2D eigenvalue weighted by Gasteiger charge is 2.62. The molecule has 4 aliphatic rings. The van der Waals surface area contributed by atoms with Crippen LogP contribution < -0.4 is 0 Å². The van der Waals surface area contributed by atoms with Crippen molar-refractivity contribution in [3.8, 4) is 0 Å². The number of nitrogens with zero attached hydrogens (tertiary/aromatic N) is 2. The molecule has 2 aromatic rings. The molecule has 1 unspecified atom stereocenters. The highest BCUT2D eigenvalue weighted by Crippen LogP contribution is 2.52. The highest BCUT2D eigenvalue weighted by molar-refractivity contribution is 7.97. The summed E-state index contributed by atoms with van der Waals surface area (Å²) in [6, 6.07) is 7.15. The molecule has 2 aromatic carbocycles. The van der Waals surface area contributed by atoms with Crippen molar-refractivity contribution in [1.82, 2.24) is 4.31 Å². The number of hydrogen-bond acceptors (Lipinski definition) is 6. The molecule has 0 N–H and O–H groups in total. The highest BCUT2D eigenvalue weighted by atomic mass is 35.5. The van der Waals surface area contributed by atoms with Crippen LogP contribution in [0.4, 0.5) is 17.6 Å². The third-order valence-corrected chi connectivity index (χ3v) is 9.34. The van der Waals surface area contributed by atoms with Gasteiger partial charge >= 0.3 is 6.18 Å². The number of hydrogen-bond donors (Lipinski definition) is 0. The summed E-state index contributed by atoms with van der Waals surface area (Å²) < 4.78 is 65.2. The Labute approximate surface area is 224 Å². The van der Waals surface area contributed by atoms with Gasteiger partial charge in [-0.05, 0) is 47.7 Å². The third kappa shape index (κ3) is 4.07. The molecular formula is C25H20Cl2F4N2O3S. The van der Waals surface area contributed by atoms with Gasteiger partial charge in [0, 0.05) is 36.2 Å². The monoisotopic (exact) mass is 574 g/mol. The maximum atomic E-state index is 14.3. The summed E-state index contributed by atoms with van der Waals surface area (Å²) in [7, 11) is 0. The number of rotatable bonds is 5. The van der Waals surface area contributed by atoms with E-state index in [-0.39, 0.29) is 11.6 Å². The molecule has 5 nitrogen and oxygen atoms in total. The van der Waals surface area contributed by atoms with E-state index in [2.05, 4.69) is 9.46 Å². The van der Waals surface area contributed by atoms with E-state index in [4.69, 9.17) is 32.8 Å². The fourth-order valence-corrected chi connectivity index (χ4v) is 7.49. The minimum absolute atomic E-state index is 0.109. The number of carbonyl (C=O) groups is 1. The first kappa shape index (κ1) is 25.4. The number of oxime groups is 1. The molecular weight excluding hydrogens is 555 g/mol. The van der Waals surface area contributed by atoms with Crippen LogP contribution in [0.5, 0.6) is 0 Å². The summed E-state index contributed by atoms with van der Waals surface area (Å²) in [4.78, 5) is 15.9. The van der Waals surface area contributed by atoms with Crippen LogP contribution in [0.15, 0.2) is 35.5 Å². The molecule has 1 saturated carbocycles. The molecule has 1 aliphatic carbocycles. The van der Waals surface area contributed by atoms with Gasteiger partial charge in [0.1, 0.15) is 11.9 Å². The summed E-state index contributed by atoms with van der Waals surface area (Å²) in [6.45, 7) is 1.76. The van der Waals surface area contributed by atoms with Crippen molar-refractivity contribution in [3.05, 3.63) is 68.4 Å². The lowest BCUT2D eigenvalue weighted by atomic mass is 9.84. The molecule has 0 bridgehead atoms. The molecule has 1 saturated heterocycles. The quantitative estimate of drug-likeness (QED) is 0.179. The van der Waals surface area contributed by atoms with Gasteiger partial charge in [-0.3, -0.25) is 0 Å². The summed E-state index contributed by atoms with van der Waals surface area (Å²) in [5, 5.41) is 3.19. The van der Waals surface area contributed by atoms with Gasteiger partial charge in [-0.25, -0.2) is 8.70 Å². The zero-order valence-corrected chi connectivity index (χ0v) is 21.5. The molecule has 3 aliphatic heterocycles. The molecule has 2 fully saturated rings. The van der Waals surface area contributed by atoms with Gasteiger partial charge < -0.3 is 14.4 Å². The van der Waals surface area contributed by atoms with Crippen LogP contribution in [0.25, 0.3) is 0 Å². The molecule has 1 spiro atoms. The van der Waals surface area contributed by atoms with Gasteiger partial charge in [-0.1, -0.05) is 52.4 Å². The smallest absolute Gasteiger partial charge is 0.374 e. The fourth-order valence-electron chi connectivity index (χ4n) is 5.35. The molecule has 12 heteroatoms. The lowest BCUT2D eigenvalue weighted by Gasteiger charge is -2.49. The molecule has 3 heterocycles. The Balaban J connectivity index is 1.20. The molecule has 0 amide bonds. The van der Waals surface area contributed by atoms with Crippen LogP contribution in [0, 0.1) is 11.7 Å². The van der Waals surface area contributed by atoms with Crippen LogP contribution in [-0.2, 0) is 32.2 Å². The maximum Gasteiger partial charge on any atom is 0.435 e. The number of aldehydes is 1. The number of ether oxygens (including phenoxy) is 1. The number of alkyl halides is 3. The van der Waals surface area contributed by atoms with E-state index in [0.29, 0.717) is 30.5 Å². The summed E-state index contributed by atoms with van der Waals surface area (Å²) in [5.74, 6) is -0.827. The van der Waals surface area contributed by atoms with E-state index in [1.165, 1.54) is 0 Å². The number of fused-ring (bicyclic) bond motifs is 2. The van der Waals surface area contributed by atoms with E-state index in [9.17, 15) is 22.4 Å². The van der Waals surface area contributed by atoms with E-state index < -0.39 is 45.2 Å². The van der Waals surface area contributed by atoms with Crippen molar-refractivity contribution in [1.29, 1.82) is 0 Å². The average Bonchev–Trinajstić information content (AvgIpc) is 3.42. The van der Waals surface area contributed by atoms with E-state index in [0.717, 1.165) is 42.4 Å². The Hall–Kier alpha value is -1.85. The Bertz CT molecular complexity index is 1290. The van der Waals surface area contributed by atoms with Gasteiger partial charge in [0.05, 0.1) is 22.4 Å². The molecule has 196 valence electrons. The molecule has 0 radical (unpaired) electrons. The van der Waals surface area contributed by atoms with Crippen molar-refractivity contribution in [2.24, 2.45) is 11.1 Å². The van der Waals surface area contributed by atoms with Crippen molar-refractivity contribution >= 4 is 47.1 Å². The van der Waals surface area contributed by atoms with Gasteiger partial charge in [0.25, 0.3) is 5.60 Å². The summed E-state index contributed by atoms with van der Waals surface area (Å²) in [5.41, 5.74) is -1.17. The summed E-state index contributed by atoms with van der Waals surface area (Å²) in [6.07, 6.45) is -2.67. The Morgan fingerprint density at radius 2 is 1.84 bits per heavy atom. The van der Waals surface area contributed by atoms with Crippen molar-refractivity contribution in [2.75, 3.05) is 13.1 Å². The SMILES string of the molecule is O=CC1CC(SN2CC3(C2)OCc2cc(C4=NOC(c5cc(Cl)c(F)c(Cl)c5)(C(F)(F)F)C4)ccc23)C1. The first-order valence-electron chi connectivity index (χ1n) is 11.7. The van der Waals surface area contributed by atoms with Crippen LogP contribution in [0.1, 0.15) is 41.5 Å². The van der Waals surface area contributed by atoms with Gasteiger partial charge in [0.2, 0.25) is 0 Å². The Kier molecular flexibility index (Phi) is 6.08. The van der Waals surface area contributed by atoms with Crippen LogP contribution in [-0.4, -0.2) is 40.8 Å². The average molecular weight is 575 g/mol. The lowest BCUT2D eigenvalue weighted by Crippen LogP contribution is -2.57. The molecule has 37 heavy (non-hydrogen) atoms. The lowest BCUT2D eigenvalue weighted by molar-refractivity contribution is -0.275. The zero-order valence-electron chi connectivity index (χ0n) is 19.2. The van der Waals surface area contributed by atoms with Crippen LogP contribution in [0.3, 0.4) is 0 Å². The maximum absolute atomic E-state index is 14.3. The number of halogens is 6. The second-order valence-electron chi connectivity index (χ2n) is 9.93. The van der Waals surface area contributed by atoms with Gasteiger partial charge in [-0.2, -0.15) is 13.2 Å². The van der Waals surface area contributed by atoms with Gasteiger partial charge in [-0.15, -0.1) is 0 Å². The van der Waals surface area contributed by atoms with Crippen molar-refractivity contribution in [2.45, 2.75) is 48.5 Å². The first-order valence-corrected chi connectivity index (χ1v) is 13.2. The van der Waals surface area contributed by atoms with Crippen molar-refractivity contribution < 1.29 is 31.9 Å². The van der Waals surface area contributed by atoms with E-state index in [1.54, 1.807) is 24.1 Å². The topological polar surface area (TPSA) is 51.1 Å². The Morgan fingerprint density at radius 1 is 1.14 bits per heavy atom. The normalized spacial score (nSPS) is 28.3. The number of carbonyl (C=O) groups excluding carboxylic acids is 1. The summed E-state index contributed by atoms with van der Waals surface area (Å²) >= 11 is 13.3. The van der Waals surface area contributed by atoms with Crippen LogP contribution >= 0.6 is 35.1 Å². The minimum atomic E-state index is -4.87.